The van der Waals surface area contributed by atoms with Crippen molar-refractivity contribution in [3.8, 4) is 0 Å². The predicted molar refractivity (Wildman–Crippen MR) is 66.6 cm³/mol. The zero-order valence-electron chi connectivity index (χ0n) is 10.8. The summed E-state index contributed by atoms with van der Waals surface area (Å²) in [6.45, 7) is 3.21. The van der Waals surface area contributed by atoms with Gasteiger partial charge in [0.15, 0.2) is 5.69 Å². The maximum Gasteiger partial charge on any atom is 0.360 e. The molecule has 0 aromatic carbocycles. The molecule has 2 rings (SSSR count). The van der Waals surface area contributed by atoms with Crippen LogP contribution in [0.3, 0.4) is 0 Å². The van der Waals surface area contributed by atoms with E-state index >= 15 is 0 Å². The fraction of sp³-hybridized carbons (Fsp3) is 0.583. The summed E-state index contributed by atoms with van der Waals surface area (Å²) in [5.74, 6) is -1.03. The SMILES string of the molecule is CCOC(=O)c1coc(N2CCCC(C(N)=O)C2)n1. The van der Waals surface area contributed by atoms with Crippen LogP contribution in [-0.2, 0) is 9.53 Å². The van der Waals surface area contributed by atoms with Crippen LogP contribution < -0.4 is 10.6 Å². The fourth-order valence-corrected chi connectivity index (χ4v) is 2.09. The Morgan fingerprint density at radius 2 is 2.42 bits per heavy atom. The molecule has 1 aromatic heterocycles. The molecule has 1 aromatic rings. The minimum absolute atomic E-state index is 0.137. The second-order valence-corrected chi connectivity index (χ2v) is 4.42. The number of anilines is 1. The predicted octanol–water partition coefficient (Wildman–Crippen LogP) is 0.553. The third-order valence-corrected chi connectivity index (χ3v) is 3.07. The van der Waals surface area contributed by atoms with Crippen LogP contribution in [0.1, 0.15) is 30.3 Å². The lowest BCUT2D eigenvalue weighted by atomic mass is 9.98. The highest BCUT2D eigenvalue weighted by atomic mass is 16.5. The Morgan fingerprint density at radius 1 is 1.63 bits per heavy atom. The van der Waals surface area contributed by atoms with Gasteiger partial charge >= 0.3 is 5.97 Å². The molecule has 19 heavy (non-hydrogen) atoms. The number of hydrogen-bond acceptors (Lipinski definition) is 6. The Morgan fingerprint density at radius 3 is 3.11 bits per heavy atom. The van der Waals surface area contributed by atoms with Gasteiger partial charge in [-0.1, -0.05) is 0 Å². The molecule has 1 aliphatic heterocycles. The minimum Gasteiger partial charge on any atom is -0.461 e. The van der Waals surface area contributed by atoms with Crippen molar-refractivity contribution in [3.63, 3.8) is 0 Å². The summed E-state index contributed by atoms with van der Waals surface area (Å²) in [5.41, 5.74) is 5.45. The van der Waals surface area contributed by atoms with Crippen molar-refractivity contribution in [3.05, 3.63) is 12.0 Å². The summed E-state index contributed by atoms with van der Waals surface area (Å²) in [7, 11) is 0. The van der Waals surface area contributed by atoms with E-state index in [0.29, 0.717) is 12.6 Å². The first-order chi connectivity index (χ1) is 9.11. The average molecular weight is 267 g/mol. The Balaban J connectivity index is 2.05. The van der Waals surface area contributed by atoms with Crippen LogP contribution in [0.25, 0.3) is 0 Å². The monoisotopic (exact) mass is 267 g/mol. The number of aromatic nitrogens is 1. The third-order valence-electron chi connectivity index (χ3n) is 3.07. The molecule has 0 bridgehead atoms. The van der Waals surface area contributed by atoms with E-state index in [0.717, 1.165) is 19.4 Å². The molecule has 1 amide bonds. The van der Waals surface area contributed by atoms with Gasteiger partial charge in [-0.3, -0.25) is 4.79 Å². The number of primary amides is 1. The molecular weight excluding hydrogens is 250 g/mol. The van der Waals surface area contributed by atoms with Crippen LogP contribution in [0.4, 0.5) is 6.01 Å². The fourth-order valence-electron chi connectivity index (χ4n) is 2.09. The first-order valence-electron chi connectivity index (χ1n) is 6.28. The highest BCUT2D eigenvalue weighted by Crippen LogP contribution is 2.22. The number of carbonyl (C=O) groups is 2. The molecule has 104 valence electrons. The number of rotatable bonds is 4. The number of nitrogens with zero attached hydrogens (tertiary/aromatic N) is 2. The van der Waals surface area contributed by atoms with Crippen LogP contribution in [0.15, 0.2) is 10.7 Å². The van der Waals surface area contributed by atoms with Gasteiger partial charge in [0, 0.05) is 13.1 Å². The molecule has 0 aliphatic carbocycles. The van der Waals surface area contributed by atoms with E-state index in [1.54, 1.807) is 6.92 Å². The van der Waals surface area contributed by atoms with Gasteiger partial charge in [-0.25, -0.2) is 4.79 Å². The van der Waals surface area contributed by atoms with Crippen molar-refractivity contribution < 1.29 is 18.7 Å². The molecule has 2 heterocycles. The number of ether oxygens (including phenoxy) is 1. The molecule has 0 spiro atoms. The van der Waals surface area contributed by atoms with Crippen molar-refractivity contribution in [1.82, 2.24) is 4.98 Å². The number of oxazole rings is 1. The maximum absolute atomic E-state index is 11.5. The summed E-state index contributed by atoms with van der Waals surface area (Å²) in [6.07, 6.45) is 2.88. The van der Waals surface area contributed by atoms with Crippen molar-refractivity contribution in [1.29, 1.82) is 0 Å². The van der Waals surface area contributed by atoms with Gasteiger partial charge in [0.25, 0.3) is 6.01 Å². The van der Waals surface area contributed by atoms with E-state index in [1.165, 1.54) is 6.26 Å². The molecule has 1 atom stereocenters. The Hall–Kier alpha value is -2.05. The van der Waals surface area contributed by atoms with Gasteiger partial charge in [0.05, 0.1) is 12.5 Å². The molecule has 1 aliphatic rings. The van der Waals surface area contributed by atoms with Crippen LogP contribution in [0.2, 0.25) is 0 Å². The number of nitrogens with two attached hydrogens (primary N) is 1. The van der Waals surface area contributed by atoms with Gasteiger partial charge in [-0.2, -0.15) is 4.98 Å². The number of hydrogen-bond donors (Lipinski definition) is 1. The molecule has 1 saturated heterocycles. The van der Waals surface area contributed by atoms with Crippen molar-refractivity contribution in [2.45, 2.75) is 19.8 Å². The molecule has 1 fully saturated rings. The molecule has 7 nitrogen and oxygen atoms in total. The number of amides is 1. The van der Waals surface area contributed by atoms with E-state index in [9.17, 15) is 9.59 Å². The highest BCUT2D eigenvalue weighted by molar-refractivity contribution is 5.87. The Bertz CT molecular complexity index is 471. The molecule has 7 heteroatoms. The number of esters is 1. The van der Waals surface area contributed by atoms with Crippen LogP contribution in [0.5, 0.6) is 0 Å². The van der Waals surface area contributed by atoms with Gasteiger partial charge < -0.3 is 19.8 Å². The quantitative estimate of drug-likeness (QED) is 0.800. The second-order valence-electron chi connectivity index (χ2n) is 4.42. The first kappa shape index (κ1) is 13.4. The number of piperidine rings is 1. The lowest BCUT2D eigenvalue weighted by Gasteiger charge is -2.29. The largest absolute Gasteiger partial charge is 0.461 e. The summed E-state index contributed by atoms with van der Waals surface area (Å²) < 4.78 is 10.1. The van der Waals surface area contributed by atoms with E-state index in [4.69, 9.17) is 14.9 Å². The summed E-state index contributed by atoms with van der Waals surface area (Å²) >= 11 is 0. The van der Waals surface area contributed by atoms with Gasteiger partial charge in [0.2, 0.25) is 5.91 Å². The zero-order chi connectivity index (χ0) is 13.8. The number of carbonyl (C=O) groups excluding carboxylic acids is 2. The Labute approximate surface area is 110 Å². The van der Waals surface area contributed by atoms with Gasteiger partial charge in [0.1, 0.15) is 6.26 Å². The summed E-state index contributed by atoms with van der Waals surface area (Å²) in [4.78, 5) is 28.6. The standard InChI is InChI=1S/C12H17N3O4/c1-2-18-11(17)9-7-19-12(14-9)15-5-3-4-8(6-15)10(13)16/h7-8H,2-6H2,1H3,(H2,13,16). The topological polar surface area (TPSA) is 98.7 Å². The highest BCUT2D eigenvalue weighted by Gasteiger charge is 2.27. The lowest BCUT2D eigenvalue weighted by Crippen LogP contribution is -2.41. The van der Waals surface area contributed by atoms with E-state index in [-0.39, 0.29) is 24.1 Å². The molecule has 0 radical (unpaired) electrons. The first-order valence-corrected chi connectivity index (χ1v) is 6.28. The average Bonchev–Trinajstić information content (AvgIpc) is 2.89. The van der Waals surface area contributed by atoms with Crippen LogP contribution in [-0.4, -0.2) is 36.6 Å². The van der Waals surface area contributed by atoms with E-state index in [1.807, 2.05) is 4.90 Å². The van der Waals surface area contributed by atoms with Gasteiger partial charge in [-0.05, 0) is 19.8 Å². The second kappa shape index (κ2) is 5.73. The maximum atomic E-state index is 11.5. The summed E-state index contributed by atoms with van der Waals surface area (Å²) in [6, 6.07) is 0.328. The lowest BCUT2D eigenvalue weighted by molar-refractivity contribution is -0.122. The molecule has 1 unspecified atom stereocenters. The van der Waals surface area contributed by atoms with Crippen molar-refractivity contribution >= 4 is 17.9 Å². The normalized spacial score (nSPS) is 19.2. The van der Waals surface area contributed by atoms with Crippen LogP contribution in [0, 0.1) is 5.92 Å². The molecule has 2 N–H and O–H groups in total. The molecule has 0 saturated carbocycles. The van der Waals surface area contributed by atoms with Crippen molar-refractivity contribution in [2.75, 3.05) is 24.6 Å². The smallest absolute Gasteiger partial charge is 0.360 e. The van der Waals surface area contributed by atoms with E-state index in [2.05, 4.69) is 4.98 Å². The Kier molecular flexibility index (Phi) is 4.03. The third kappa shape index (κ3) is 3.04. The molecular formula is C12H17N3O4. The zero-order valence-corrected chi connectivity index (χ0v) is 10.8. The van der Waals surface area contributed by atoms with Crippen LogP contribution >= 0.6 is 0 Å². The summed E-state index contributed by atoms with van der Waals surface area (Å²) in [5, 5.41) is 0. The van der Waals surface area contributed by atoms with Crippen molar-refractivity contribution in [2.24, 2.45) is 11.7 Å². The van der Waals surface area contributed by atoms with E-state index < -0.39 is 5.97 Å². The van der Waals surface area contributed by atoms with Gasteiger partial charge in [-0.15, -0.1) is 0 Å². The minimum atomic E-state index is -0.513.